The lowest BCUT2D eigenvalue weighted by molar-refractivity contribution is -0.140. The van der Waals surface area contributed by atoms with Gasteiger partial charge in [0.1, 0.15) is 6.04 Å². The summed E-state index contributed by atoms with van der Waals surface area (Å²) in [6.45, 7) is -0.433. The maximum absolute atomic E-state index is 12.2. The smallest absolute Gasteiger partial charge is 0.325 e. The number of nitrogens with one attached hydrogen (secondary N) is 2. The zero-order valence-electron chi connectivity index (χ0n) is 9.94. The third-order valence-corrected chi connectivity index (χ3v) is 4.77. The molecule has 1 aromatic heterocycles. The third-order valence-electron chi connectivity index (χ3n) is 2.89. The Bertz CT molecular complexity index is 749. The lowest BCUT2D eigenvalue weighted by atomic mass is 10.2. The number of aliphatic hydroxyl groups is 1. The van der Waals surface area contributed by atoms with Gasteiger partial charge in [0, 0.05) is 19.2 Å². The average molecular weight is 305 g/mol. The number of H-pyrrole nitrogens is 2. The Morgan fingerprint density at radius 2 is 2.05 bits per heavy atom. The van der Waals surface area contributed by atoms with Gasteiger partial charge < -0.3 is 15.2 Å². The number of sulfonamides is 1. The van der Waals surface area contributed by atoms with Gasteiger partial charge in [0.2, 0.25) is 0 Å². The number of hydrogen-bond acceptors (Lipinski definition) is 6. The zero-order chi connectivity index (χ0) is 15.1. The van der Waals surface area contributed by atoms with Crippen LogP contribution in [-0.4, -0.2) is 57.6 Å². The van der Waals surface area contributed by atoms with Crippen molar-refractivity contribution in [3.05, 3.63) is 27.0 Å². The van der Waals surface area contributed by atoms with E-state index in [1.807, 2.05) is 4.98 Å². The number of carbonyl (C=O) groups is 1. The molecule has 1 aliphatic rings. The van der Waals surface area contributed by atoms with Crippen LogP contribution >= 0.6 is 0 Å². The summed E-state index contributed by atoms with van der Waals surface area (Å²) in [5, 5.41) is 18.4. The molecule has 2 atom stereocenters. The highest BCUT2D eigenvalue weighted by atomic mass is 32.2. The van der Waals surface area contributed by atoms with Crippen molar-refractivity contribution in [2.24, 2.45) is 0 Å². The Morgan fingerprint density at radius 3 is 2.60 bits per heavy atom. The lowest BCUT2D eigenvalue weighted by Crippen LogP contribution is -2.43. The second-order valence-corrected chi connectivity index (χ2v) is 6.11. The van der Waals surface area contributed by atoms with Crippen molar-refractivity contribution >= 4 is 16.0 Å². The van der Waals surface area contributed by atoms with Crippen LogP contribution in [0.15, 0.2) is 20.7 Å². The van der Waals surface area contributed by atoms with Crippen molar-refractivity contribution < 1.29 is 23.4 Å². The quantitative estimate of drug-likeness (QED) is 0.471. The molecule has 1 saturated heterocycles. The summed E-state index contributed by atoms with van der Waals surface area (Å²) in [7, 11) is -4.43. The minimum absolute atomic E-state index is 0.268. The van der Waals surface area contributed by atoms with E-state index in [1.54, 1.807) is 4.98 Å². The fourth-order valence-electron chi connectivity index (χ4n) is 1.99. The Labute approximate surface area is 111 Å². The number of aromatic nitrogens is 2. The van der Waals surface area contributed by atoms with Crippen LogP contribution < -0.4 is 11.2 Å². The first-order chi connectivity index (χ1) is 9.23. The van der Waals surface area contributed by atoms with Gasteiger partial charge in [-0.1, -0.05) is 0 Å². The maximum atomic E-state index is 12.2. The van der Waals surface area contributed by atoms with E-state index in [0.717, 1.165) is 0 Å². The van der Waals surface area contributed by atoms with Crippen LogP contribution in [-0.2, 0) is 14.8 Å². The topological polar surface area (TPSA) is 161 Å². The van der Waals surface area contributed by atoms with Crippen LogP contribution in [0.5, 0.6) is 0 Å². The minimum Gasteiger partial charge on any atom is -0.480 e. The van der Waals surface area contributed by atoms with Gasteiger partial charge in [-0.15, -0.1) is 0 Å². The van der Waals surface area contributed by atoms with Crippen LogP contribution in [0.3, 0.4) is 0 Å². The Kier molecular flexibility index (Phi) is 3.50. The molecule has 0 bridgehead atoms. The van der Waals surface area contributed by atoms with Gasteiger partial charge in [-0.3, -0.25) is 14.6 Å². The second kappa shape index (κ2) is 4.85. The van der Waals surface area contributed by atoms with Gasteiger partial charge in [0.25, 0.3) is 15.6 Å². The maximum Gasteiger partial charge on any atom is 0.325 e. The van der Waals surface area contributed by atoms with Gasteiger partial charge in [0.15, 0.2) is 4.90 Å². The summed E-state index contributed by atoms with van der Waals surface area (Å²) in [6, 6.07) is -1.46. The van der Waals surface area contributed by atoms with E-state index in [4.69, 9.17) is 5.11 Å². The first-order valence-electron chi connectivity index (χ1n) is 5.48. The molecule has 4 N–H and O–H groups in total. The molecule has 0 aliphatic carbocycles. The first kappa shape index (κ1) is 14.4. The minimum atomic E-state index is -4.43. The van der Waals surface area contributed by atoms with Crippen molar-refractivity contribution in [3.63, 3.8) is 0 Å². The largest absolute Gasteiger partial charge is 0.480 e. The first-order valence-corrected chi connectivity index (χ1v) is 6.92. The van der Waals surface area contributed by atoms with Crippen molar-refractivity contribution in [2.75, 3.05) is 6.54 Å². The molecule has 0 spiro atoms. The number of hydrogen-bond donors (Lipinski definition) is 4. The van der Waals surface area contributed by atoms with E-state index in [0.29, 0.717) is 10.5 Å². The molecule has 20 heavy (non-hydrogen) atoms. The summed E-state index contributed by atoms with van der Waals surface area (Å²) in [5.74, 6) is -1.43. The standard InChI is InChI=1S/C9H11N3O7S/c13-4-1-5(8(15)16)12(3-4)20(18,19)6-2-10-9(17)11-7(6)14/h2,4-5,13H,1,3H2,(H,15,16)(H2,10,11,14,17)/t4?,5-/m0/s1. The van der Waals surface area contributed by atoms with Crippen molar-refractivity contribution in [3.8, 4) is 0 Å². The highest BCUT2D eigenvalue weighted by molar-refractivity contribution is 7.89. The van der Waals surface area contributed by atoms with Gasteiger partial charge >= 0.3 is 11.7 Å². The van der Waals surface area contributed by atoms with E-state index in [1.165, 1.54) is 0 Å². The molecule has 2 heterocycles. The average Bonchev–Trinajstić information content (AvgIpc) is 2.71. The molecule has 0 saturated carbocycles. The van der Waals surface area contributed by atoms with Crippen LogP contribution in [0.25, 0.3) is 0 Å². The predicted molar refractivity (Wildman–Crippen MR) is 63.6 cm³/mol. The monoisotopic (exact) mass is 305 g/mol. The number of carboxylic acid groups (broad SMARTS) is 1. The Morgan fingerprint density at radius 1 is 1.40 bits per heavy atom. The molecule has 1 unspecified atom stereocenters. The van der Waals surface area contributed by atoms with E-state index in [2.05, 4.69) is 0 Å². The third kappa shape index (κ3) is 2.37. The van der Waals surface area contributed by atoms with Crippen molar-refractivity contribution in [1.82, 2.24) is 14.3 Å². The van der Waals surface area contributed by atoms with Crippen LogP contribution in [0.2, 0.25) is 0 Å². The van der Waals surface area contributed by atoms with Crippen LogP contribution in [0.4, 0.5) is 0 Å². The molecular weight excluding hydrogens is 294 g/mol. The SMILES string of the molecule is O=C(O)[C@@H]1CC(O)CN1S(=O)(=O)c1c[nH]c(=O)[nH]c1=O. The van der Waals surface area contributed by atoms with Gasteiger partial charge in [-0.25, -0.2) is 13.2 Å². The summed E-state index contributed by atoms with van der Waals surface area (Å²) in [4.78, 5) is 36.3. The number of aliphatic hydroxyl groups excluding tert-OH is 1. The normalized spacial score (nSPS) is 23.9. The molecule has 1 fully saturated rings. The fourth-order valence-corrected chi connectivity index (χ4v) is 3.62. The molecule has 110 valence electrons. The predicted octanol–water partition coefficient (Wildman–Crippen LogP) is -2.73. The molecule has 1 aliphatic heterocycles. The molecule has 11 heteroatoms. The summed E-state index contributed by atoms with van der Waals surface area (Å²) < 4.78 is 25.0. The molecule has 0 aromatic carbocycles. The highest BCUT2D eigenvalue weighted by Crippen LogP contribution is 2.24. The van der Waals surface area contributed by atoms with Crippen LogP contribution in [0, 0.1) is 0 Å². The summed E-state index contributed by atoms with van der Waals surface area (Å²) in [5.41, 5.74) is -2.04. The molecule has 1 aromatic rings. The lowest BCUT2D eigenvalue weighted by Gasteiger charge is -2.19. The Hall–Kier alpha value is -1.98. The molecule has 0 radical (unpaired) electrons. The zero-order valence-corrected chi connectivity index (χ0v) is 10.8. The van der Waals surface area contributed by atoms with Gasteiger partial charge in [0.05, 0.1) is 6.10 Å². The molecule has 10 nitrogen and oxygen atoms in total. The number of nitrogens with zero attached hydrogens (tertiary/aromatic N) is 1. The van der Waals surface area contributed by atoms with Crippen molar-refractivity contribution in [2.45, 2.75) is 23.5 Å². The van der Waals surface area contributed by atoms with Gasteiger partial charge in [-0.05, 0) is 0 Å². The second-order valence-electron chi connectivity index (χ2n) is 4.25. The molecule has 2 rings (SSSR count). The summed E-state index contributed by atoms with van der Waals surface area (Å²) in [6.07, 6.45) is -0.705. The van der Waals surface area contributed by atoms with Crippen molar-refractivity contribution in [1.29, 1.82) is 0 Å². The van der Waals surface area contributed by atoms with E-state index < -0.39 is 50.8 Å². The highest BCUT2D eigenvalue weighted by Gasteiger charge is 2.44. The molecular formula is C9H11N3O7S. The summed E-state index contributed by atoms with van der Waals surface area (Å²) >= 11 is 0. The fraction of sp³-hybridized carbons (Fsp3) is 0.444. The van der Waals surface area contributed by atoms with E-state index in [9.17, 15) is 27.9 Å². The Balaban J connectivity index is 2.52. The van der Waals surface area contributed by atoms with E-state index >= 15 is 0 Å². The van der Waals surface area contributed by atoms with Crippen LogP contribution in [0.1, 0.15) is 6.42 Å². The molecule has 0 amide bonds. The number of aromatic amines is 2. The number of carboxylic acids is 1. The number of aliphatic carboxylic acids is 1. The van der Waals surface area contributed by atoms with E-state index in [-0.39, 0.29) is 6.42 Å². The van der Waals surface area contributed by atoms with Gasteiger partial charge in [-0.2, -0.15) is 4.31 Å². The number of β-amino-alcohol motifs (C(OH)–C–C–N with tert-alkyl or cyclic N) is 1. The number of rotatable bonds is 3.